The van der Waals surface area contributed by atoms with Gasteiger partial charge in [-0.3, -0.25) is 0 Å². The molecule has 3 heteroatoms. The Kier molecular flexibility index (Phi) is 5.64. The number of hydrogen-bond donors (Lipinski definition) is 1. The first-order valence-corrected chi connectivity index (χ1v) is 6.28. The molecule has 0 radical (unpaired) electrons. The maximum atomic E-state index is 6.13. The molecule has 16 heavy (non-hydrogen) atoms. The van der Waals surface area contributed by atoms with Crippen LogP contribution in [0.15, 0.2) is 18.2 Å². The second-order valence-corrected chi connectivity index (χ2v) is 4.47. The van der Waals surface area contributed by atoms with Crippen molar-refractivity contribution in [2.24, 2.45) is 5.73 Å². The van der Waals surface area contributed by atoms with Gasteiger partial charge in [0, 0.05) is 30.3 Å². The monoisotopic (exact) mass is 240 g/mol. The van der Waals surface area contributed by atoms with Crippen LogP contribution >= 0.6 is 11.6 Å². The molecule has 0 saturated carbocycles. The summed E-state index contributed by atoms with van der Waals surface area (Å²) in [5.74, 6) is 0. The third-order valence-electron chi connectivity index (χ3n) is 2.70. The topological polar surface area (TPSA) is 29.3 Å². The third-order valence-corrected chi connectivity index (χ3v) is 3.11. The predicted molar refractivity (Wildman–Crippen MR) is 72.4 cm³/mol. The van der Waals surface area contributed by atoms with E-state index >= 15 is 0 Å². The zero-order valence-electron chi connectivity index (χ0n) is 10.2. The molecule has 0 saturated heterocycles. The molecular weight excluding hydrogens is 220 g/mol. The second kappa shape index (κ2) is 6.77. The van der Waals surface area contributed by atoms with Crippen molar-refractivity contribution >= 4 is 17.3 Å². The molecule has 0 aliphatic rings. The molecule has 2 N–H and O–H groups in total. The molecular formula is C13H21ClN2. The van der Waals surface area contributed by atoms with E-state index in [1.54, 1.807) is 0 Å². The Morgan fingerprint density at radius 2 is 2.06 bits per heavy atom. The highest BCUT2D eigenvalue weighted by Gasteiger charge is 2.06. The molecule has 90 valence electrons. The van der Waals surface area contributed by atoms with E-state index in [0.29, 0.717) is 6.54 Å². The van der Waals surface area contributed by atoms with E-state index in [2.05, 4.69) is 24.0 Å². The van der Waals surface area contributed by atoms with Crippen molar-refractivity contribution in [1.82, 2.24) is 0 Å². The molecule has 1 aromatic carbocycles. The first-order chi connectivity index (χ1) is 7.69. The number of hydrogen-bond acceptors (Lipinski definition) is 2. The molecule has 1 aromatic rings. The van der Waals surface area contributed by atoms with Crippen LogP contribution in [0.4, 0.5) is 5.69 Å². The Balaban J connectivity index is 2.78. The van der Waals surface area contributed by atoms with Gasteiger partial charge in [0.2, 0.25) is 0 Å². The van der Waals surface area contributed by atoms with E-state index in [-0.39, 0.29) is 0 Å². The van der Waals surface area contributed by atoms with Crippen molar-refractivity contribution in [1.29, 1.82) is 0 Å². The van der Waals surface area contributed by atoms with Gasteiger partial charge in [0.05, 0.1) is 0 Å². The van der Waals surface area contributed by atoms with Crippen LogP contribution in [0.5, 0.6) is 0 Å². The number of nitrogens with two attached hydrogens (primary N) is 1. The summed E-state index contributed by atoms with van der Waals surface area (Å²) in [7, 11) is 0. The van der Waals surface area contributed by atoms with Gasteiger partial charge in [0.25, 0.3) is 0 Å². The molecule has 0 aromatic heterocycles. The van der Waals surface area contributed by atoms with Crippen LogP contribution in [-0.4, -0.2) is 19.6 Å². The summed E-state index contributed by atoms with van der Waals surface area (Å²) in [4.78, 5) is 2.30. The van der Waals surface area contributed by atoms with Crippen molar-refractivity contribution in [3.63, 3.8) is 0 Å². The van der Waals surface area contributed by atoms with E-state index in [1.165, 1.54) is 18.5 Å². The quantitative estimate of drug-likeness (QED) is 0.828. The fraction of sp³-hybridized carbons (Fsp3) is 0.538. The first-order valence-electron chi connectivity index (χ1n) is 5.90. The van der Waals surface area contributed by atoms with Gasteiger partial charge in [-0.15, -0.1) is 0 Å². The highest BCUT2D eigenvalue weighted by molar-refractivity contribution is 6.31. The summed E-state index contributed by atoms with van der Waals surface area (Å²) in [5.41, 5.74) is 7.93. The van der Waals surface area contributed by atoms with E-state index in [0.717, 1.165) is 23.7 Å². The zero-order valence-corrected chi connectivity index (χ0v) is 10.9. The molecule has 0 atom stereocenters. The molecule has 0 bridgehead atoms. The molecule has 0 unspecified atom stereocenters. The van der Waals surface area contributed by atoms with Crippen molar-refractivity contribution in [3.05, 3.63) is 28.8 Å². The lowest BCUT2D eigenvalue weighted by Crippen LogP contribution is -2.30. The molecule has 0 aliphatic heterocycles. The lowest BCUT2D eigenvalue weighted by molar-refractivity contribution is 0.715. The van der Waals surface area contributed by atoms with Gasteiger partial charge in [-0.1, -0.05) is 31.0 Å². The SMILES string of the molecule is CCCCN(CCN)c1ccc(C)c(Cl)c1. The molecule has 2 nitrogen and oxygen atoms in total. The average Bonchev–Trinajstić information content (AvgIpc) is 2.28. The molecule has 0 spiro atoms. The largest absolute Gasteiger partial charge is 0.370 e. The van der Waals surface area contributed by atoms with Crippen molar-refractivity contribution in [3.8, 4) is 0 Å². The van der Waals surface area contributed by atoms with Crippen molar-refractivity contribution in [2.45, 2.75) is 26.7 Å². The molecule has 0 fully saturated rings. The third kappa shape index (κ3) is 3.69. The zero-order chi connectivity index (χ0) is 12.0. The van der Waals surface area contributed by atoms with Crippen LogP contribution in [0.25, 0.3) is 0 Å². The van der Waals surface area contributed by atoms with E-state index in [1.807, 2.05) is 13.0 Å². The molecule has 0 aliphatic carbocycles. The van der Waals surface area contributed by atoms with Crippen LogP contribution in [0, 0.1) is 6.92 Å². The Labute approximate surface area is 103 Å². The molecule has 0 heterocycles. The van der Waals surface area contributed by atoms with Gasteiger partial charge in [-0.05, 0) is 31.0 Å². The van der Waals surface area contributed by atoms with Gasteiger partial charge in [-0.2, -0.15) is 0 Å². The van der Waals surface area contributed by atoms with Gasteiger partial charge >= 0.3 is 0 Å². The van der Waals surface area contributed by atoms with E-state index in [9.17, 15) is 0 Å². The minimum absolute atomic E-state index is 0.676. The van der Waals surface area contributed by atoms with Gasteiger partial charge < -0.3 is 10.6 Å². The minimum atomic E-state index is 0.676. The fourth-order valence-corrected chi connectivity index (χ4v) is 1.83. The van der Waals surface area contributed by atoms with E-state index < -0.39 is 0 Å². The summed E-state index contributed by atoms with van der Waals surface area (Å²) in [6.45, 7) is 6.83. The molecule has 1 rings (SSSR count). The number of unbranched alkanes of at least 4 members (excludes halogenated alkanes) is 1. The Bertz CT molecular complexity index is 326. The Hall–Kier alpha value is -0.730. The minimum Gasteiger partial charge on any atom is -0.370 e. The second-order valence-electron chi connectivity index (χ2n) is 4.06. The average molecular weight is 241 g/mol. The number of anilines is 1. The van der Waals surface area contributed by atoms with Crippen LogP contribution in [0.1, 0.15) is 25.3 Å². The highest BCUT2D eigenvalue weighted by Crippen LogP contribution is 2.23. The van der Waals surface area contributed by atoms with Crippen LogP contribution in [0.3, 0.4) is 0 Å². The number of aryl methyl sites for hydroxylation is 1. The maximum absolute atomic E-state index is 6.13. The summed E-state index contributed by atoms with van der Waals surface area (Å²) in [6.07, 6.45) is 2.38. The van der Waals surface area contributed by atoms with Crippen molar-refractivity contribution in [2.75, 3.05) is 24.5 Å². The summed E-state index contributed by atoms with van der Waals surface area (Å²) < 4.78 is 0. The smallest absolute Gasteiger partial charge is 0.0455 e. The first kappa shape index (κ1) is 13.3. The summed E-state index contributed by atoms with van der Waals surface area (Å²) in [6, 6.07) is 6.21. The van der Waals surface area contributed by atoms with Crippen LogP contribution < -0.4 is 10.6 Å². The number of rotatable bonds is 6. The van der Waals surface area contributed by atoms with Crippen molar-refractivity contribution < 1.29 is 0 Å². The molecule has 0 amide bonds. The fourth-order valence-electron chi connectivity index (χ4n) is 1.65. The van der Waals surface area contributed by atoms with Crippen LogP contribution in [-0.2, 0) is 0 Å². The van der Waals surface area contributed by atoms with Gasteiger partial charge in [0.1, 0.15) is 0 Å². The maximum Gasteiger partial charge on any atom is 0.0455 e. The number of halogens is 1. The lowest BCUT2D eigenvalue weighted by atomic mass is 10.2. The normalized spacial score (nSPS) is 10.5. The predicted octanol–water partition coefficient (Wildman–Crippen LogP) is 3.21. The summed E-state index contributed by atoms with van der Waals surface area (Å²) in [5, 5.41) is 0.830. The lowest BCUT2D eigenvalue weighted by Gasteiger charge is -2.24. The number of nitrogens with zero attached hydrogens (tertiary/aromatic N) is 1. The van der Waals surface area contributed by atoms with Gasteiger partial charge in [-0.25, -0.2) is 0 Å². The Morgan fingerprint density at radius 1 is 1.31 bits per heavy atom. The van der Waals surface area contributed by atoms with E-state index in [4.69, 9.17) is 17.3 Å². The highest BCUT2D eigenvalue weighted by atomic mass is 35.5. The number of benzene rings is 1. The standard InChI is InChI=1S/C13H21ClN2/c1-3-4-8-16(9-7-15)12-6-5-11(2)13(14)10-12/h5-6,10H,3-4,7-9,15H2,1-2H3. The Morgan fingerprint density at radius 3 is 2.62 bits per heavy atom. The van der Waals surface area contributed by atoms with Gasteiger partial charge in [0.15, 0.2) is 0 Å². The van der Waals surface area contributed by atoms with Crippen LogP contribution in [0.2, 0.25) is 5.02 Å². The summed E-state index contributed by atoms with van der Waals surface area (Å²) >= 11 is 6.13.